The Labute approximate surface area is 267 Å². The van der Waals surface area contributed by atoms with Crippen molar-refractivity contribution in [3.63, 3.8) is 0 Å². The first kappa shape index (κ1) is 43.9. The molecule has 0 fully saturated rings. The van der Waals surface area contributed by atoms with Crippen LogP contribution in [-0.2, 0) is 23.3 Å². The Morgan fingerprint density at radius 2 is 0.935 bits per heavy atom. The first-order valence-electron chi connectivity index (χ1n) is 13.4. The minimum Gasteiger partial charge on any atom is -0.796 e. The van der Waals surface area contributed by atoms with Crippen LogP contribution in [0.1, 0.15) is 83.9 Å². The molecule has 16 heteroatoms. The molecule has 0 aliphatic rings. The zero-order chi connectivity index (χ0) is 36.7. The standard InChI is InChI=1S/C16H24.C6H5N.2C4H3F6O.Mo/c1-11(2)13-9-8-10-14(12(3)4)15(13)16(5,6)7;7-6-4-2-1-3-5-6;2*1-2(5,3(6,7)8)4(9,10)11;/h5,8-12H,1-4,6-7H3;1-5H;2*1H3;/q;;2*-1;+2. The molecule has 0 heterocycles. The third kappa shape index (κ3) is 11.8. The summed E-state index contributed by atoms with van der Waals surface area (Å²) < 4.78 is 144. The predicted molar refractivity (Wildman–Crippen MR) is 143 cm³/mol. The molecule has 0 aliphatic carbocycles. The first-order valence-corrected chi connectivity index (χ1v) is 15.5. The maximum Gasteiger partial charge on any atom is 0.426 e. The summed E-state index contributed by atoms with van der Waals surface area (Å²) in [5, 5.41) is 18.7. The second-order valence-electron chi connectivity index (χ2n) is 11.5. The number of rotatable bonds is 7. The van der Waals surface area contributed by atoms with Gasteiger partial charge >= 0.3 is 168 Å². The van der Waals surface area contributed by atoms with Gasteiger partial charge in [-0.25, -0.2) is 26.3 Å². The molecular weight excluding hydrogens is 730 g/mol. The number of alkyl halides is 12. The van der Waals surface area contributed by atoms with E-state index >= 15 is 0 Å². The van der Waals surface area contributed by atoms with E-state index in [9.17, 15) is 62.9 Å². The van der Waals surface area contributed by atoms with Crippen molar-refractivity contribution in [3.8, 4) is 0 Å². The summed E-state index contributed by atoms with van der Waals surface area (Å²) in [6.07, 6.45) is -23.0. The number of benzene rings is 2. The second-order valence-corrected chi connectivity index (χ2v) is 13.1. The van der Waals surface area contributed by atoms with Gasteiger partial charge in [0.15, 0.2) is 0 Å². The molecule has 262 valence electrons. The van der Waals surface area contributed by atoms with E-state index in [4.69, 9.17) is 3.50 Å². The van der Waals surface area contributed by atoms with Gasteiger partial charge in [0.05, 0.1) is 0 Å². The minimum absolute atomic E-state index is 0.0565. The molecule has 2 aromatic carbocycles. The van der Waals surface area contributed by atoms with Gasteiger partial charge < -0.3 is 10.2 Å². The van der Waals surface area contributed by atoms with Crippen LogP contribution in [0.15, 0.2) is 52.0 Å². The van der Waals surface area contributed by atoms with Crippen LogP contribution in [-0.4, -0.2) is 40.3 Å². The summed E-state index contributed by atoms with van der Waals surface area (Å²) in [6, 6.07) is 17.2. The quantitative estimate of drug-likeness (QED) is 0.209. The van der Waals surface area contributed by atoms with Crippen molar-refractivity contribution < 1.29 is 80.8 Å². The maximum absolute atomic E-state index is 11.9. The molecule has 0 spiro atoms. The molecule has 0 bridgehead atoms. The molecule has 0 saturated heterocycles. The van der Waals surface area contributed by atoms with Crippen LogP contribution in [0.2, 0.25) is 0 Å². The topological polar surface area (TPSA) is 58.5 Å². The van der Waals surface area contributed by atoms with Crippen molar-refractivity contribution >= 4 is 10.1 Å². The van der Waals surface area contributed by atoms with Crippen LogP contribution >= 0.6 is 0 Å². The summed E-state index contributed by atoms with van der Waals surface area (Å²) in [7, 11) is 0. The number of nitrogens with zero attached hydrogens (tertiary/aromatic N) is 1. The van der Waals surface area contributed by atoms with Crippen LogP contribution in [0.4, 0.5) is 58.4 Å². The summed E-state index contributed by atoms with van der Waals surface area (Å²) in [5.41, 5.74) is -4.39. The number of hydrogen-bond donors (Lipinski definition) is 0. The molecular formula is C30H35F12MoNO2. The summed E-state index contributed by atoms with van der Waals surface area (Å²) >= 11 is -0.529. The van der Waals surface area contributed by atoms with Gasteiger partial charge in [-0.05, 0) is 13.8 Å². The van der Waals surface area contributed by atoms with Crippen molar-refractivity contribution in [2.45, 2.75) is 109 Å². The van der Waals surface area contributed by atoms with Crippen molar-refractivity contribution in [1.82, 2.24) is 0 Å². The minimum atomic E-state index is -5.85. The predicted octanol–water partition coefficient (Wildman–Crippen LogP) is 9.07. The first-order chi connectivity index (χ1) is 20.3. The molecule has 0 saturated carbocycles. The molecule has 0 aromatic heterocycles. The summed E-state index contributed by atoms with van der Waals surface area (Å²) in [5.74, 6) is 1.08. The van der Waals surface area contributed by atoms with Gasteiger partial charge in [0.1, 0.15) is 0 Å². The van der Waals surface area contributed by atoms with E-state index in [1.165, 1.54) is 16.7 Å². The Balaban J connectivity index is 0.000000769. The van der Waals surface area contributed by atoms with E-state index in [0.29, 0.717) is 11.8 Å². The normalized spacial score (nSPS) is 15.4. The van der Waals surface area contributed by atoms with E-state index in [0.717, 1.165) is 5.69 Å². The van der Waals surface area contributed by atoms with Crippen molar-refractivity contribution in [3.05, 3.63) is 65.2 Å². The van der Waals surface area contributed by atoms with E-state index in [-0.39, 0.29) is 5.41 Å². The fourth-order valence-electron chi connectivity index (χ4n) is 3.39. The Morgan fingerprint density at radius 3 is 1.20 bits per heavy atom. The third-order valence-electron chi connectivity index (χ3n) is 6.44. The molecule has 2 rings (SSSR count). The summed E-state index contributed by atoms with van der Waals surface area (Å²) in [6.45, 7) is 12.9. The largest absolute Gasteiger partial charge is 0.796 e. The third-order valence-corrected chi connectivity index (χ3v) is 8.92. The van der Waals surface area contributed by atoms with Crippen molar-refractivity contribution in [2.24, 2.45) is 3.50 Å². The Hall–Kier alpha value is -2.12. The van der Waals surface area contributed by atoms with Crippen LogP contribution in [0, 0.1) is 0 Å². The van der Waals surface area contributed by atoms with Crippen LogP contribution in [0.25, 0.3) is 0 Å². The number of halogens is 12. The zero-order valence-corrected chi connectivity index (χ0v) is 28.1. The Morgan fingerprint density at radius 1 is 0.587 bits per heavy atom. The fourth-order valence-corrected chi connectivity index (χ4v) is 5.06. The molecule has 0 radical (unpaired) electrons. The van der Waals surface area contributed by atoms with E-state index < -0.39 is 67.7 Å². The van der Waals surface area contributed by atoms with Crippen LogP contribution < -0.4 is 10.2 Å². The van der Waals surface area contributed by atoms with E-state index in [2.05, 4.69) is 88.4 Å². The average molecular weight is 766 g/mol. The molecule has 2 aromatic rings. The molecule has 2 atom stereocenters. The SMILES string of the molecule is CC(C)c1cccc(C(C)C)c1C(C)(C)[CH]=[Mo+2]=[N]c1ccccc1.CC(F)(C([O-])(F)F)C(F)(F)F.CC(F)(C([O-])(F)F)C(F)(F)F. The molecule has 0 aliphatic heterocycles. The Bertz CT molecular complexity index is 1210. The van der Waals surface area contributed by atoms with Gasteiger partial charge in [-0.15, -0.1) is 0 Å². The monoisotopic (exact) mass is 767 g/mol. The number of hydrogen-bond acceptors (Lipinski definition) is 3. The van der Waals surface area contributed by atoms with Gasteiger partial charge in [-0.2, -0.15) is 26.3 Å². The maximum atomic E-state index is 11.9. The molecule has 0 N–H and O–H groups in total. The zero-order valence-electron chi connectivity index (χ0n) is 26.1. The van der Waals surface area contributed by atoms with Gasteiger partial charge in [0.2, 0.25) is 12.2 Å². The van der Waals surface area contributed by atoms with Gasteiger partial charge in [0, 0.05) is 0 Å². The van der Waals surface area contributed by atoms with Gasteiger partial charge in [-0.3, -0.25) is 0 Å². The Kier molecular flexibility index (Phi) is 15.1. The van der Waals surface area contributed by atoms with Crippen LogP contribution in [0.5, 0.6) is 0 Å². The smallest absolute Gasteiger partial charge is 0.426 e. The molecule has 46 heavy (non-hydrogen) atoms. The van der Waals surface area contributed by atoms with Gasteiger partial charge in [0.25, 0.3) is 11.3 Å². The molecule has 0 amide bonds. The molecule has 3 nitrogen and oxygen atoms in total. The van der Waals surface area contributed by atoms with Crippen LogP contribution in [0.3, 0.4) is 0 Å². The van der Waals surface area contributed by atoms with Crippen molar-refractivity contribution in [1.29, 1.82) is 0 Å². The average Bonchev–Trinajstić information content (AvgIpc) is 2.87. The van der Waals surface area contributed by atoms with Gasteiger partial charge in [-0.1, -0.05) is 0 Å². The van der Waals surface area contributed by atoms with E-state index in [1.54, 1.807) is 0 Å². The second kappa shape index (κ2) is 15.9. The van der Waals surface area contributed by atoms with Crippen molar-refractivity contribution in [2.75, 3.05) is 0 Å². The molecule has 2 unspecified atom stereocenters. The van der Waals surface area contributed by atoms with E-state index in [1.807, 2.05) is 6.07 Å². The fraction of sp³-hybridized carbons (Fsp3) is 0.567. The summed E-state index contributed by atoms with van der Waals surface area (Å²) in [4.78, 5) is 0.